The molecule has 0 saturated heterocycles. The van der Waals surface area contributed by atoms with E-state index in [1.54, 1.807) is 0 Å². The molecule has 1 nitrogen and oxygen atoms in total. The van der Waals surface area contributed by atoms with Crippen LogP contribution in [-0.4, -0.2) is 0 Å². The number of hydrogen-bond acceptors (Lipinski definition) is 0. The monoisotopic (exact) mass is 144 g/mol. The van der Waals surface area contributed by atoms with Gasteiger partial charge in [-0.3, -0.25) is 6.57 Å². The fourth-order valence-corrected chi connectivity index (χ4v) is 0. The molecule has 0 N–H and O–H groups in total. The molecule has 2 heteroatoms. The third-order valence-corrected chi connectivity index (χ3v) is 0. The summed E-state index contributed by atoms with van der Waals surface area (Å²) in [6, 6.07) is 0. The summed E-state index contributed by atoms with van der Waals surface area (Å²) < 4.78 is 0. The Balaban J connectivity index is -0.0000000200. The van der Waals surface area contributed by atoms with Crippen molar-refractivity contribution in [2.75, 3.05) is 0 Å². The molecule has 0 aromatic heterocycles. The third-order valence-electron chi connectivity index (χ3n) is 0. The van der Waals surface area contributed by atoms with Gasteiger partial charge in [0.25, 0.3) is 0 Å². The van der Waals surface area contributed by atoms with Gasteiger partial charge in [-0.05, 0) is 0 Å². The second-order valence-electron chi connectivity index (χ2n) is 0.158. The fourth-order valence-electron chi connectivity index (χ4n) is 0. The molecule has 0 aromatic carbocycles. The normalized spacial score (nSPS) is 1.40. The summed E-state index contributed by atoms with van der Waals surface area (Å²) in [5.41, 5.74) is 0. The Morgan fingerprint density at radius 3 is 1.60 bits per heavy atom. The van der Waals surface area contributed by atoms with Gasteiger partial charge < -0.3 is 12.3 Å². The average molecular weight is 144 g/mol. The van der Waals surface area contributed by atoms with Crippen LogP contribution in [0.25, 0.3) is 4.85 Å². The van der Waals surface area contributed by atoms with E-state index in [2.05, 4.69) is 11.9 Å². The van der Waals surface area contributed by atoms with Crippen molar-refractivity contribution >= 4 is 0 Å². The van der Waals surface area contributed by atoms with E-state index in [9.17, 15) is 0 Å². The summed E-state index contributed by atoms with van der Waals surface area (Å²) in [5, 5.41) is 0. The summed E-state index contributed by atoms with van der Waals surface area (Å²) >= 11 is 0. The van der Waals surface area contributed by atoms with Crippen LogP contribution in [-0.2, 0) is 32.7 Å². The van der Waals surface area contributed by atoms with E-state index in [0.29, 0.717) is 0 Å². The van der Waals surface area contributed by atoms with Crippen LogP contribution >= 0.6 is 0 Å². The Hall–Kier alpha value is 0.464. The Labute approximate surface area is 58.5 Å². The molecule has 0 fully saturated rings. The average Bonchev–Trinajstić information content (AvgIpc) is 0.918. The first kappa shape index (κ1) is 17.9. The van der Waals surface area contributed by atoms with Gasteiger partial charge in [0, 0.05) is 32.7 Å². The maximum absolute atomic E-state index is 5.72. The van der Waals surface area contributed by atoms with Crippen LogP contribution in [0.1, 0.15) is 0 Å². The Kier molecular flexibility index (Phi) is 89.6. The van der Waals surface area contributed by atoms with Gasteiger partial charge in [0.2, 0.25) is 0 Å². The molecule has 5 heavy (non-hydrogen) atoms. The van der Waals surface area contributed by atoms with Crippen LogP contribution in [0.3, 0.4) is 0 Å². The minimum atomic E-state index is 0. The molecule has 0 rings (SSSR count). The molecule has 0 aromatic rings. The maximum Gasteiger partial charge on any atom is 0 e. The van der Waals surface area contributed by atoms with E-state index in [1.165, 1.54) is 0 Å². The Morgan fingerprint density at radius 2 is 1.60 bits per heavy atom. The van der Waals surface area contributed by atoms with E-state index in [4.69, 9.17) is 6.57 Å². The van der Waals surface area contributed by atoms with Crippen LogP contribution in [0.4, 0.5) is 0 Å². The van der Waals surface area contributed by atoms with E-state index in [-0.39, 0.29) is 40.1 Å². The van der Waals surface area contributed by atoms with Gasteiger partial charge in [0.05, 0.1) is 0 Å². The summed E-state index contributed by atoms with van der Waals surface area (Å²) in [6.45, 7) is 5.72. The molecule has 0 atom stereocenters. The van der Waals surface area contributed by atoms with Crippen molar-refractivity contribution in [3.05, 3.63) is 25.9 Å². The van der Waals surface area contributed by atoms with Crippen LogP contribution in [0.5, 0.6) is 0 Å². The summed E-state index contributed by atoms with van der Waals surface area (Å²) in [7, 11) is 2.78. The van der Waals surface area contributed by atoms with Crippen LogP contribution in [0, 0.1) is 21.0 Å². The molecule has 1 radical (unpaired) electrons. The largest absolute Gasteiger partial charge is 0.464 e. The molecule has 0 aliphatic heterocycles. The van der Waals surface area contributed by atoms with E-state index in [0.717, 1.165) is 0 Å². The van der Waals surface area contributed by atoms with Crippen molar-refractivity contribution in [1.29, 1.82) is 0 Å². The second kappa shape index (κ2) is 25.0. The molecular formula is C3H5NY-2. The maximum atomic E-state index is 5.72. The van der Waals surface area contributed by atoms with Crippen molar-refractivity contribution in [3.8, 4) is 0 Å². The summed E-state index contributed by atoms with van der Waals surface area (Å²) in [6.07, 6.45) is 0. The molecule has 0 heterocycles. The first-order valence-electron chi connectivity index (χ1n) is 0.540. The van der Waals surface area contributed by atoms with Crippen molar-refractivity contribution in [3.63, 3.8) is 0 Å². The first-order chi connectivity index (χ1) is 1.41. The second-order valence-corrected chi connectivity index (χ2v) is 0.158. The van der Waals surface area contributed by atoms with Crippen molar-refractivity contribution in [2.24, 2.45) is 0 Å². The zero-order valence-corrected chi connectivity index (χ0v) is 6.07. The predicted octanol–water partition coefficient (Wildman–Crippen LogP) is 1.15. The SMILES string of the molecule is [C-]#[N+][CH2-].[CH3-].[Y]. The van der Waals surface area contributed by atoms with E-state index >= 15 is 0 Å². The van der Waals surface area contributed by atoms with Crippen molar-refractivity contribution < 1.29 is 32.7 Å². The van der Waals surface area contributed by atoms with Gasteiger partial charge in [0.1, 0.15) is 0 Å². The first-order valence-corrected chi connectivity index (χ1v) is 0.540. The van der Waals surface area contributed by atoms with Gasteiger partial charge in [0.15, 0.2) is 0 Å². The summed E-state index contributed by atoms with van der Waals surface area (Å²) in [5.74, 6) is 0. The molecule has 27 valence electrons. The van der Waals surface area contributed by atoms with Gasteiger partial charge in [-0.2, -0.15) is 0 Å². The number of rotatable bonds is 0. The molecule has 0 spiro atoms. The van der Waals surface area contributed by atoms with Crippen molar-refractivity contribution in [1.82, 2.24) is 0 Å². The molecule has 0 saturated carbocycles. The molecule has 0 unspecified atom stereocenters. The van der Waals surface area contributed by atoms with Gasteiger partial charge in [-0.15, -0.1) is 0 Å². The predicted molar refractivity (Wildman–Crippen MR) is 18.4 cm³/mol. The van der Waals surface area contributed by atoms with Gasteiger partial charge in [-0.25, -0.2) is 0 Å². The Morgan fingerprint density at radius 1 is 1.60 bits per heavy atom. The minimum Gasteiger partial charge on any atom is -0.464 e. The van der Waals surface area contributed by atoms with Crippen LogP contribution < -0.4 is 0 Å². The minimum absolute atomic E-state index is 0. The Bertz CT molecular complexity index is 28.4. The molecule has 0 bridgehead atoms. The van der Waals surface area contributed by atoms with Gasteiger partial charge >= 0.3 is 0 Å². The quantitative estimate of drug-likeness (QED) is 0.449. The van der Waals surface area contributed by atoms with Crippen LogP contribution in [0.2, 0.25) is 0 Å². The topological polar surface area (TPSA) is 4.36 Å². The zero-order valence-electron chi connectivity index (χ0n) is 3.23. The van der Waals surface area contributed by atoms with E-state index in [1.807, 2.05) is 0 Å². The molecule has 0 aliphatic carbocycles. The smallest absolute Gasteiger partial charge is 0 e. The number of hydrogen-bond donors (Lipinski definition) is 0. The van der Waals surface area contributed by atoms with E-state index < -0.39 is 0 Å². The van der Waals surface area contributed by atoms with Crippen molar-refractivity contribution in [2.45, 2.75) is 0 Å². The fraction of sp³-hybridized carbons (Fsp3) is 0. The van der Waals surface area contributed by atoms with Gasteiger partial charge in [-0.1, -0.05) is 7.05 Å². The summed E-state index contributed by atoms with van der Waals surface area (Å²) in [4.78, 5) is 2.50. The third kappa shape index (κ3) is 126. The molecule has 0 aliphatic rings. The number of nitrogens with zero attached hydrogens (tertiary/aromatic N) is 1. The molecule has 0 amide bonds. The molecular weight excluding hydrogens is 139 g/mol. The standard InChI is InChI=1S/C2H2N.CH3.Y/c1-3-2;;/h1H2;1H3;/q2*-1;. The zero-order chi connectivity index (χ0) is 2.71. The van der Waals surface area contributed by atoms with Crippen LogP contribution in [0.15, 0.2) is 0 Å².